The summed E-state index contributed by atoms with van der Waals surface area (Å²) in [6.45, 7) is 0.960. The lowest BCUT2D eigenvalue weighted by Gasteiger charge is -2.18. The molecule has 4 nitrogen and oxygen atoms in total. The number of rotatable bonds is 4. The quantitative estimate of drug-likeness (QED) is 0.712. The Bertz CT molecular complexity index is 326. The van der Waals surface area contributed by atoms with E-state index in [1.165, 1.54) is 12.6 Å². The third-order valence-electron chi connectivity index (χ3n) is 3.25. The van der Waals surface area contributed by atoms with Gasteiger partial charge in [-0.15, -0.1) is 0 Å². The maximum atomic E-state index is 9.18. The van der Waals surface area contributed by atoms with Crippen molar-refractivity contribution in [2.45, 2.75) is 31.8 Å². The van der Waals surface area contributed by atoms with Gasteiger partial charge in [0, 0.05) is 19.2 Å². The summed E-state index contributed by atoms with van der Waals surface area (Å²) >= 11 is 0. The molecule has 4 heteroatoms. The molecule has 2 atom stereocenters. The van der Waals surface area contributed by atoms with Gasteiger partial charge in [0.25, 0.3) is 0 Å². The van der Waals surface area contributed by atoms with Crippen molar-refractivity contribution >= 4 is 0 Å². The zero-order chi connectivity index (χ0) is 11.4. The summed E-state index contributed by atoms with van der Waals surface area (Å²) in [7, 11) is 0. The van der Waals surface area contributed by atoms with E-state index in [9.17, 15) is 5.11 Å². The van der Waals surface area contributed by atoms with Crippen LogP contribution in [0.15, 0.2) is 18.3 Å². The number of aromatic nitrogens is 1. The van der Waals surface area contributed by atoms with Gasteiger partial charge >= 0.3 is 0 Å². The maximum absolute atomic E-state index is 9.18. The van der Waals surface area contributed by atoms with Crippen LogP contribution in [0.4, 0.5) is 0 Å². The van der Waals surface area contributed by atoms with Crippen molar-refractivity contribution in [3.63, 3.8) is 0 Å². The number of aliphatic hydroxyl groups excluding tert-OH is 1. The van der Waals surface area contributed by atoms with E-state index in [0.29, 0.717) is 18.5 Å². The van der Waals surface area contributed by atoms with Crippen LogP contribution >= 0.6 is 0 Å². The molecule has 0 spiro atoms. The molecule has 0 aliphatic heterocycles. The first-order valence-corrected chi connectivity index (χ1v) is 5.77. The molecule has 2 rings (SSSR count). The number of pyridine rings is 1. The molecule has 1 aliphatic carbocycles. The Morgan fingerprint density at radius 1 is 1.38 bits per heavy atom. The predicted octanol–water partition coefficient (Wildman–Crippen LogP) is 1.04. The monoisotopic (exact) mass is 222 g/mol. The Morgan fingerprint density at radius 3 is 2.94 bits per heavy atom. The van der Waals surface area contributed by atoms with Crippen LogP contribution in [0.5, 0.6) is 5.75 Å². The van der Waals surface area contributed by atoms with E-state index in [-0.39, 0.29) is 12.4 Å². The first kappa shape index (κ1) is 11.4. The van der Waals surface area contributed by atoms with Crippen LogP contribution in [0.1, 0.15) is 25.0 Å². The van der Waals surface area contributed by atoms with E-state index in [1.807, 2.05) is 6.07 Å². The molecule has 88 valence electrons. The zero-order valence-corrected chi connectivity index (χ0v) is 9.26. The smallest absolute Gasteiger partial charge is 0.133 e. The van der Waals surface area contributed by atoms with Gasteiger partial charge in [0.1, 0.15) is 5.75 Å². The van der Waals surface area contributed by atoms with Gasteiger partial charge in [0.2, 0.25) is 0 Å². The molecule has 1 aromatic heterocycles. The average Bonchev–Trinajstić information content (AvgIpc) is 2.76. The van der Waals surface area contributed by atoms with Gasteiger partial charge in [0.15, 0.2) is 0 Å². The average molecular weight is 222 g/mol. The fourth-order valence-corrected chi connectivity index (χ4v) is 2.28. The minimum atomic E-state index is 0.192. The normalized spacial score (nSPS) is 24.8. The van der Waals surface area contributed by atoms with Crippen LogP contribution < -0.4 is 5.32 Å². The van der Waals surface area contributed by atoms with Gasteiger partial charge in [-0.25, -0.2) is 0 Å². The standard InChI is InChI=1S/C12H18N2O2/c15-8-9-2-1-3-12(9)14-6-10-4-5-11(16)7-13-10/h4-5,7,9,12,14-16H,1-3,6,8H2. The Labute approximate surface area is 95.3 Å². The van der Waals surface area contributed by atoms with E-state index in [2.05, 4.69) is 10.3 Å². The fourth-order valence-electron chi connectivity index (χ4n) is 2.28. The minimum absolute atomic E-state index is 0.192. The number of nitrogens with one attached hydrogen (secondary N) is 1. The molecule has 0 radical (unpaired) electrons. The molecule has 0 aromatic carbocycles. The third-order valence-corrected chi connectivity index (χ3v) is 3.25. The Morgan fingerprint density at radius 2 is 2.25 bits per heavy atom. The van der Waals surface area contributed by atoms with Crippen molar-refractivity contribution in [3.8, 4) is 5.75 Å². The summed E-state index contributed by atoms with van der Waals surface area (Å²) in [5.74, 6) is 0.579. The summed E-state index contributed by atoms with van der Waals surface area (Å²) < 4.78 is 0. The van der Waals surface area contributed by atoms with Crippen molar-refractivity contribution in [1.29, 1.82) is 0 Å². The first-order valence-electron chi connectivity index (χ1n) is 5.77. The van der Waals surface area contributed by atoms with Crippen molar-refractivity contribution < 1.29 is 10.2 Å². The van der Waals surface area contributed by atoms with Crippen LogP contribution in [0.3, 0.4) is 0 Å². The number of nitrogens with zero attached hydrogens (tertiary/aromatic N) is 1. The van der Waals surface area contributed by atoms with Crippen molar-refractivity contribution in [2.75, 3.05) is 6.61 Å². The van der Waals surface area contributed by atoms with E-state index >= 15 is 0 Å². The second kappa shape index (κ2) is 5.27. The van der Waals surface area contributed by atoms with Crippen molar-refractivity contribution in [1.82, 2.24) is 10.3 Å². The summed E-state index contributed by atoms with van der Waals surface area (Å²) in [6.07, 6.45) is 4.88. The molecule has 1 fully saturated rings. The SMILES string of the molecule is OCC1CCCC1NCc1ccc(O)cn1. The van der Waals surface area contributed by atoms with E-state index in [0.717, 1.165) is 18.5 Å². The molecule has 0 bridgehead atoms. The highest BCUT2D eigenvalue weighted by atomic mass is 16.3. The molecule has 3 N–H and O–H groups in total. The highest BCUT2D eigenvalue weighted by molar-refractivity contribution is 5.17. The lowest BCUT2D eigenvalue weighted by molar-refractivity contribution is 0.205. The van der Waals surface area contributed by atoms with E-state index in [4.69, 9.17) is 5.11 Å². The Kier molecular flexibility index (Phi) is 3.74. The van der Waals surface area contributed by atoms with Crippen LogP contribution in [-0.4, -0.2) is 27.8 Å². The van der Waals surface area contributed by atoms with Gasteiger partial charge in [0.05, 0.1) is 11.9 Å². The summed E-state index contributed by atoms with van der Waals surface area (Å²) in [6, 6.07) is 3.86. The molecule has 16 heavy (non-hydrogen) atoms. The number of hydrogen-bond donors (Lipinski definition) is 3. The number of hydrogen-bond acceptors (Lipinski definition) is 4. The zero-order valence-electron chi connectivity index (χ0n) is 9.26. The van der Waals surface area contributed by atoms with Crippen molar-refractivity contribution in [3.05, 3.63) is 24.0 Å². The largest absolute Gasteiger partial charge is 0.506 e. The first-order chi connectivity index (χ1) is 7.79. The molecule has 0 amide bonds. The van der Waals surface area contributed by atoms with Crippen LogP contribution in [-0.2, 0) is 6.54 Å². The lowest BCUT2D eigenvalue weighted by atomic mass is 10.1. The van der Waals surface area contributed by atoms with Gasteiger partial charge in [-0.05, 0) is 30.9 Å². The molecule has 1 saturated carbocycles. The molecule has 0 saturated heterocycles. The molecule has 1 heterocycles. The molecular weight excluding hydrogens is 204 g/mol. The van der Waals surface area contributed by atoms with Crippen LogP contribution in [0.25, 0.3) is 0 Å². The van der Waals surface area contributed by atoms with Gasteiger partial charge in [-0.1, -0.05) is 6.42 Å². The highest BCUT2D eigenvalue weighted by Crippen LogP contribution is 2.25. The Hall–Kier alpha value is -1.13. The number of aromatic hydroxyl groups is 1. The predicted molar refractivity (Wildman–Crippen MR) is 61.0 cm³/mol. The molecule has 2 unspecified atom stereocenters. The van der Waals surface area contributed by atoms with Gasteiger partial charge < -0.3 is 15.5 Å². The summed E-state index contributed by atoms with van der Waals surface area (Å²) in [5.41, 5.74) is 0.918. The fraction of sp³-hybridized carbons (Fsp3) is 0.583. The molecular formula is C12H18N2O2. The van der Waals surface area contributed by atoms with Crippen LogP contribution in [0.2, 0.25) is 0 Å². The minimum Gasteiger partial charge on any atom is -0.506 e. The van der Waals surface area contributed by atoms with E-state index in [1.54, 1.807) is 6.07 Å². The summed E-state index contributed by atoms with van der Waals surface area (Å²) in [4.78, 5) is 4.12. The second-order valence-corrected chi connectivity index (χ2v) is 4.37. The maximum Gasteiger partial charge on any atom is 0.133 e. The van der Waals surface area contributed by atoms with Gasteiger partial charge in [-0.2, -0.15) is 0 Å². The van der Waals surface area contributed by atoms with Crippen LogP contribution in [0, 0.1) is 5.92 Å². The van der Waals surface area contributed by atoms with Crippen molar-refractivity contribution in [2.24, 2.45) is 5.92 Å². The topological polar surface area (TPSA) is 65.4 Å². The third kappa shape index (κ3) is 2.71. The summed E-state index contributed by atoms with van der Waals surface area (Å²) in [5, 5.41) is 21.7. The van der Waals surface area contributed by atoms with Gasteiger partial charge in [-0.3, -0.25) is 4.98 Å². The highest BCUT2D eigenvalue weighted by Gasteiger charge is 2.25. The van der Waals surface area contributed by atoms with E-state index < -0.39 is 0 Å². The molecule has 1 aromatic rings. The molecule has 1 aliphatic rings. The second-order valence-electron chi connectivity index (χ2n) is 4.37. The number of aliphatic hydroxyl groups is 1. The lowest BCUT2D eigenvalue weighted by Crippen LogP contribution is -2.33. The Balaban J connectivity index is 1.85.